The van der Waals surface area contributed by atoms with Gasteiger partial charge in [-0.25, -0.2) is 9.13 Å². The second-order valence-electron chi connectivity index (χ2n) is 28.0. The molecule has 6 atom stereocenters. The molecule has 0 heterocycles. The van der Waals surface area contributed by atoms with Gasteiger partial charge in [0.2, 0.25) is 0 Å². The van der Waals surface area contributed by atoms with E-state index in [0.717, 1.165) is 114 Å². The van der Waals surface area contributed by atoms with Gasteiger partial charge in [-0.1, -0.05) is 312 Å². The van der Waals surface area contributed by atoms with Crippen LogP contribution in [0.3, 0.4) is 0 Å². The van der Waals surface area contributed by atoms with Crippen LogP contribution in [-0.2, 0) is 65.4 Å². The van der Waals surface area contributed by atoms with E-state index in [0.29, 0.717) is 31.6 Å². The second-order valence-corrected chi connectivity index (χ2v) is 30.9. The number of aliphatic hydroxyl groups excluding tert-OH is 1. The predicted octanol–water partition coefficient (Wildman–Crippen LogP) is 20.9. The van der Waals surface area contributed by atoms with E-state index in [1.807, 2.05) is 0 Å². The Morgan fingerprint density at radius 1 is 0.304 bits per heavy atom. The van der Waals surface area contributed by atoms with Gasteiger partial charge in [-0.15, -0.1) is 0 Å². The Kier molecular flexibility index (Phi) is 61.3. The van der Waals surface area contributed by atoms with Crippen LogP contribution in [0, 0.1) is 23.7 Å². The monoisotopic (exact) mass is 1350 g/mol. The first-order chi connectivity index (χ1) is 44.1. The lowest BCUT2D eigenvalue weighted by Crippen LogP contribution is -2.30. The van der Waals surface area contributed by atoms with E-state index in [2.05, 4.69) is 55.4 Å². The standard InChI is InChI=1S/C73H142O17P2/c1-9-66(8)52-44-36-27-21-16-18-22-28-37-45-53-70(75)83-59-68(89-72(77)55-47-39-29-23-14-12-10-11-13-19-25-33-41-49-63(2)3)61-87-91(79,80)85-57-67(74)58-86-92(81,82)88-62-69(60-84-71(76)54-46-38-32-31-35-43-51-65(6)7)90-73(78)56-48-40-30-24-17-15-20-26-34-42-50-64(4)5/h63-69,74H,9-62H2,1-8H3,(H,79,80)(H,81,82)/t66?,67-,68-,69-/m1/s1. The fourth-order valence-electron chi connectivity index (χ4n) is 11.0. The molecule has 546 valence electrons. The molecule has 0 bridgehead atoms. The molecule has 0 aromatic rings. The van der Waals surface area contributed by atoms with Crippen LogP contribution in [0.1, 0.15) is 364 Å². The topological polar surface area (TPSA) is 237 Å². The summed E-state index contributed by atoms with van der Waals surface area (Å²) in [6.07, 6.45) is 45.8. The molecule has 3 unspecified atom stereocenters. The molecular weight excluding hydrogens is 1210 g/mol. The van der Waals surface area contributed by atoms with Crippen LogP contribution in [-0.4, -0.2) is 96.7 Å². The van der Waals surface area contributed by atoms with Gasteiger partial charge in [-0.05, 0) is 49.4 Å². The van der Waals surface area contributed by atoms with E-state index in [1.165, 1.54) is 161 Å². The molecule has 0 aliphatic heterocycles. The number of rotatable bonds is 70. The van der Waals surface area contributed by atoms with Crippen molar-refractivity contribution in [1.29, 1.82) is 0 Å². The minimum atomic E-state index is -4.96. The molecule has 0 aliphatic rings. The highest BCUT2D eigenvalue weighted by Gasteiger charge is 2.30. The summed E-state index contributed by atoms with van der Waals surface area (Å²) in [4.78, 5) is 72.7. The Morgan fingerprint density at radius 3 is 0.772 bits per heavy atom. The van der Waals surface area contributed by atoms with Crippen molar-refractivity contribution in [2.24, 2.45) is 23.7 Å². The predicted molar refractivity (Wildman–Crippen MR) is 372 cm³/mol. The van der Waals surface area contributed by atoms with Crippen LogP contribution in [0.25, 0.3) is 0 Å². The third-order valence-corrected chi connectivity index (χ3v) is 19.1. The van der Waals surface area contributed by atoms with Crippen LogP contribution in [0.15, 0.2) is 0 Å². The fourth-order valence-corrected chi connectivity index (χ4v) is 12.6. The average Bonchev–Trinajstić information content (AvgIpc) is 3.45. The van der Waals surface area contributed by atoms with E-state index in [1.54, 1.807) is 0 Å². The molecule has 92 heavy (non-hydrogen) atoms. The molecule has 0 saturated heterocycles. The highest BCUT2D eigenvalue weighted by molar-refractivity contribution is 7.47. The molecular formula is C73H142O17P2. The normalized spacial score (nSPS) is 14.5. The largest absolute Gasteiger partial charge is 0.472 e. The van der Waals surface area contributed by atoms with Crippen molar-refractivity contribution < 1.29 is 80.2 Å². The Morgan fingerprint density at radius 2 is 0.522 bits per heavy atom. The Balaban J connectivity index is 5.25. The van der Waals surface area contributed by atoms with Gasteiger partial charge in [-0.2, -0.15) is 0 Å². The lowest BCUT2D eigenvalue weighted by molar-refractivity contribution is -0.161. The number of aliphatic hydroxyl groups is 1. The highest BCUT2D eigenvalue weighted by Crippen LogP contribution is 2.45. The number of ether oxygens (including phenoxy) is 4. The third-order valence-electron chi connectivity index (χ3n) is 17.2. The van der Waals surface area contributed by atoms with E-state index < -0.39 is 97.5 Å². The van der Waals surface area contributed by atoms with Gasteiger partial charge in [-0.3, -0.25) is 37.3 Å². The van der Waals surface area contributed by atoms with E-state index in [-0.39, 0.29) is 25.7 Å². The molecule has 0 radical (unpaired) electrons. The summed E-state index contributed by atoms with van der Waals surface area (Å²) in [5.41, 5.74) is 0. The summed E-state index contributed by atoms with van der Waals surface area (Å²) >= 11 is 0. The maximum absolute atomic E-state index is 13.1. The van der Waals surface area contributed by atoms with Crippen molar-refractivity contribution in [2.75, 3.05) is 39.6 Å². The number of carbonyl (C=O) groups excluding carboxylic acids is 4. The lowest BCUT2D eigenvalue weighted by atomic mass is 9.99. The lowest BCUT2D eigenvalue weighted by Gasteiger charge is -2.21. The summed E-state index contributed by atoms with van der Waals surface area (Å²) in [5, 5.41) is 10.6. The molecule has 0 fully saturated rings. The maximum atomic E-state index is 13.1. The molecule has 0 spiro atoms. The zero-order valence-electron chi connectivity index (χ0n) is 60.2. The quantitative estimate of drug-likeness (QED) is 0.0222. The molecule has 0 aromatic heterocycles. The first-order valence-electron chi connectivity index (χ1n) is 37.7. The van der Waals surface area contributed by atoms with Crippen LogP contribution in [0.2, 0.25) is 0 Å². The molecule has 17 nitrogen and oxygen atoms in total. The van der Waals surface area contributed by atoms with Gasteiger partial charge in [0.05, 0.1) is 26.4 Å². The van der Waals surface area contributed by atoms with Gasteiger partial charge < -0.3 is 33.8 Å². The number of hydrogen-bond donors (Lipinski definition) is 3. The fraction of sp³-hybridized carbons (Fsp3) is 0.945. The molecule has 0 rings (SSSR count). The van der Waals surface area contributed by atoms with Gasteiger partial charge in [0.25, 0.3) is 0 Å². The van der Waals surface area contributed by atoms with Crippen LogP contribution < -0.4 is 0 Å². The molecule has 3 N–H and O–H groups in total. The van der Waals surface area contributed by atoms with Crippen LogP contribution in [0.5, 0.6) is 0 Å². The highest BCUT2D eigenvalue weighted by atomic mass is 31.2. The smallest absolute Gasteiger partial charge is 0.462 e. The Hall–Kier alpha value is -1.94. The van der Waals surface area contributed by atoms with Gasteiger partial charge in [0.1, 0.15) is 19.3 Å². The zero-order chi connectivity index (χ0) is 68.2. The molecule has 0 saturated carbocycles. The molecule has 0 aromatic carbocycles. The summed E-state index contributed by atoms with van der Waals surface area (Å²) in [7, 11) is -9.91. The van der Waals surface area contributed by atoms with Crippen molar-refractivity contribution in [2.45, 2.75) is 382 Å². The Labute approximate surface area is 562 Å². The van der Waals surface area contributed by atoms with Crippen molar-refractivity contribution in [3.63, 3.8) is 0 Å². The van der Waals surface area contributed by atoms with E-state index >= 15 is 0 Å². The van der Waals surface area contributed by atoms with E-state index in [9.17, 15) is 43.2 Å². The molecule has 0 aliphatic carbocycles. The van der Waals surface area contributed by atoms with Crippen molar-refractivity contribution >= 4 is 39.5 Å². The SMILES string of the molecule is CCC(C)CCCCCCCCCCCCC(=O)OC[C@H](COP(=O)(O)OC[C@@H](O)COP(=O)(O)OC[C@@H](COC(=O)CCCCCCCCC(C)C)OC(=O)CCCCCCCCCCCCC(C)C)OC(=O)CCCCCCCCCCCCCCCC(C)C. The van der Waals surface area contributed by atoms with Gasteiger partial charge in [0, 0.05) is 25.7 Å². The summed E-state index contributed by atoms with van der Waals surface area (Å²) in [6.45, 7) is 14.1. The average molecular weight is 1350 g/mol. The number of hydrogen-bond acceptors (Lipinski definition) is 15. The van der Waals surface area contributed by atoms with Crippen molar-refractivity contribution in [3.05, 3.63) is 0 Å². The van der Waals surface area contributed by atoms with E-state index in [4.69, 9.17) is 37.0 Å². The number of phosphoric acid groups is 2. The molecule has 0 amide bonds. The first-order valence-corrected chi connectivity index (χ1v) is 40.7. The van der Waals surface area contributed by atoms with Gasteiger partial charge >= 0.3 is 39.5 Å². The maximum Gasteiger partial charge on any atom is 0.472 e. The minimum absolute atomic E-state index is 0.104. The Bertz CT molecular complexity index is 1820. The molecule has 19 heteroatoms. The summed E-state index contributed by atoms with van der Waals surface area (Å²) in [5.74, 6) is 0.901. The number of esters is 4. The van der Waals surface area contributed by atoms with Crippen molar-refractivity contribution in [3.8, 4) is 0 Å². The second kappa shape index (κ2) is 62.6. The minimum Gasteiger partial charge on any atom is -0.462 e. The number of phosphoric ester groups is 2. The summed E-state index contributed by atoms with van der Waals surface area (Å²) < 4.78 is 68.4. The summed E-state index contributed by atoms with van der Waals surface area (Å²) in [6, 6.07) is 0. The first kappa shape index (κ1) is 90.1. The number of carbonyl (C=O) groups is 4. The zero-order valence-corrected chi connectivity index (χ0v) is 62.0. The van der Waals surface area contributed by atoms with Gasteiger partial charge in [0.15, 0.2) is 12.2 Å². The van der Waals surface area contributed by atoms with Crippen LogP contribution >= 0.6 is 15.6 Å². The van der Waals surface area contributed by atoms with Crippen molar-refractivity contribution in [1.82, 2.24) is 0 Å². The van der Waals surface area contributed by atoms with Crippen LogP contribution in [0.4, 0.5) is 0 Å². The number of unbranched alkanes of at least 4 members (excludes halogenated alkanes) is 35. The third kappa shape index (κ3) is 65.4.